The lowest BCUT2D eigenvalue weighted by atomic mass is 9.89. The Bertz CT molecular complexity index is 578. The van der Waals surface area contributed by atoms with Gasteiger partial charge in [-0.15, -0.1) is 0 Å². The van der Waals surface area contributed by atoms with E-state index in [0.29, 0.717) is 12.3 Å². The average molecular weight is 323 g/mol. The van der Waals surface area contributed by atoms with Crippen LogP contribution >= 0.6 is 0 Å². The van der Waals surface area contributed by atoms with Crippen LogP contribution in [0.5, 0.6) is 0 Å². The fourth-order valence-corrected chi connectivity index (χ4v) is 2.92. The molecule has 1 aliphatic rings. The van der Waals surface area contributed by atoms with Gasteiger partial charge in [-0.3, -0.25) is 0 Å². The third-order valence-electron chi connectivity index (χ3n) is 3.34. The van der Waals surface area contributed by atoms with Crippen LogP contribution in [0.1, 0.15) is 19.8 Å². The summed E-state index contributed by atoms with van der Waals surface area (Å²) in [6.45, 7) is 2.57. The first-order valence-electron chi connectivity index (χ1n) is 6.53. The van der Waals surface area contributed by atoms with E-state index < -0.39 is 20.2 Å². The molecule has 0 unspecified atom stereocenters. The number of nitrogens with one attached hydrogen (secondary N) is 1. The largest absolute Gasteiger partial charge is 0.501 e. The summed E-state index contributed by atoms with van der Waals surface area (Å²) >= 11 is 0. The van der Waals surface area contributed by atoms with Crippen molar-refractivity contribution in [2.75, 3.05) is 11.9 Å². The molecule has 0 aromatic heterocycles. The molecule has 0 radical (unpaired) electrons. The number of ether oxygens (including phenoxy) is 1. The summed E-state index contributed by atoms with van der Waals surface area (Å²) in [5.74, 6) is 0. The van der Waals surface area contributed by atoms with Crippen molar-refractivity contribution in [1.29, 1.82) is 0 Å². The second kappa shape index (κ2) is 5.84. The summed E-state index contributed by atoms with van der Waals surface area (Å²) in [7, 11) is -5.28. The number of anilines is 1. The van der Waals surface area contributed by atoms with Gasteiger partial charge in [0, 0.05) is 18.3 Å². The summed E-state index contributed by atoms with van der Waals surface area (Å²) in [6, 6.07) is 4.80. The highest BCUT2D eigenvalue weighted by Gasteiger charge is 2.46. The number of benzene rings is 1. The Morgan fingerprint density at radius 3 is 2.29 bits per heavy atom. The van der Waals surface area contributed by atoms with Gasteiger partial charge >= 0.3 is 5.51 Å². The smallest absolute Gasteiger partial charge is 0.382 e. The van der Waals surface area contributed by atoms with E-state index in [1.165, 1.54) is 12.1 Å². The van der Waals surface area contributed by atoms with Gasteiger partial charge in [-0.05, 0) is 44.0 Å². The van der Waals surface area contributed by atoms with E-state index >= 15 is 0 Å². The molecule has 0 aliphatic heterocycles. The highest BCUT2D eigenvalue weighted by atomic mass is 32.2. The van der Waals surface area contributed by atoms with Crippen molar-refractivity contribution in [3.63, 3.8) is 0 Å². The molecule has 4 nitrogen and oxygen atoms in total. The molecule has 0 bridgehead atoms. The zero-order valence-electron chi connectivity index (χ0n) is 11.4. The fraction of sp³-hybridized carbons (Fsp3) is 0.538. The standard InChI is InChI=1S/C13H16F3NO3S/c1-2-20-11-7-10(8-11)17-9-3-5-12(6-4-9)21(18,19)13(14,15)16/h3-6,10-11,17H,2,7-8H2,1H3. The van der Waals surface area contributed by atoms with Gasteiger partial charge in [0.1, 0.15) is 0 Å². The van der Waals surface area contributed by atoms with Crippen molar-refractivity contribution in [2.45, 2.75) is 42.3 Å². The molecule has 1 aliphatic carbocycles. The zero-order chi connectivity index (χ0) is 15.7. The van der Waals surface area contributed by atoms with Crippen LogP contribution in [0.25, 0.3) is 0 Å². The molecule has 0 spiro atoms. The third kappa shape index (κ3) is 3.49. The van der Waals surface area contributed by atoms with Crippen LogP contribution < -0.4 is 5.32 Å². The Kier molecular flexibility index (Phi) is 4.48. The molecule has 118 valence electrons. The predicted octanol–water partition coefficient (Wildman–Crippen LogP) is 2.96. The topological polar surface area (TPSA) is 55.4 Å². The number of hydrogen-bond donors (Lipinski definition) is 1. The molecule has 21 heavy (non-hydrogen) atoms. The molecule has 1 aromatic rings. The Morgan fingerprint density at radius 2 is 1.81 bits per heavy atom. The highest BCUT2D eigenvalue weighted by Crippen LogP contribution is 2.31. The van der Waals surface area contributed by atoms with E-state index in [4.69, 9.17) is 4.74 Å². The van der Waals surface area contributed by atoms with Crippen LogP contribution in [0.3, 0.4) is 0 Å². The van der Waals surface area contributed by atoms with E-state index in [2.05, 4.69) is 5.32 Å². The molecule has 1 N–H and O–H groups in total. The van der Waals surface area contributed by atoms with Gasteiger partial charge in [0.2, 0.25) is 0 Å². The average Bonchev–Trinajstić information content (AvgIpc) is 2.35. The SMILES string of the molecule is CCOC1CC(Nc2ccc(S(=O)(=O)C(F)(F)F)cc2)C1. The van der Waals surface area contributed by atoms with Gasteiger partial charge in [0.25, 0.3) is 9.84 Å². The second-order valence-electron chi connectivity index (χ2n) is 4.86. The summed E-state index contributed by atoms with van der Waals surface area (Å²) in [5, 5.41) is 3.13. The summed E-state index contributed by atoms with van der Waals surface area (Å²) in [6.07, 6.45) is 1.88. The highest BCUT2D eigenvalue weighted by molar-refractivity contribution is 7.92. The van der Waals surface area contributed by atoms with Gasteiger partial charge in [0.05, 0.1) is 11.0 Å². The first-order valence-corrected chi connectivity index (χ1v) is 8.02. The van der Waals surface area contributed by atoms with E-state index in [9.17, 15) is 21.6 Å². The molecular weight excluding hydrogens is 307 g/mol. The first-order chi connectivity index (χ1) is 9.74. The first kappa shape index (κ1) is 16.1. The lowest BCUT2D eigenvalue weighted by Crippen LogP contribution is -2.40. The monoisotopic (exact) mass is 323 g/mol. The van der Waals surface area contributed by atoms with Crippen LogP contribution in [-0.4, -0.2) is 32.7 Å². The minimum atomic E-state index is -5.28. The predicted molar refractivity (Wildman–Crippen MR) is 71.7 cm³/mol. The van der Waals surface area contributed by atoms with E-state index in [-0.39, 0.29) is 12.1 Å². The molecule has 2 rings (SSSR count). The van der Waals surface area contributed by atoms with E-state index in [0.717, 1.165) is 25.0 Å². The van der Waals surface area contributed by atoms with Gasteiger partial charge in [-0.1, -0.05) is 0 Å². The number of sulfone groups is 1. The van der Waals surface area contributed by atoms with Crippen molar-refractivity contribution in [3.8, 4) is 0 Å². The van der Waals surface area contributed by atoms with Gasteiger partial charge < -0.3 is 10.1 Å². The molecule has 0 heterocycles. The van der Waals surface area contributed by atoms with Crippen LogP contribution in [0, 0.1) is 0 Å². The lowest BCUT2D eigenvalue weighted by Gasteiger charge is -2.36. The van der Waals surface area contributed by atoms with Crippen LogP contribution in [0.4, 0.5) is 18.9 Å². The molecule has 1 saturated carbocycles. The molecular formula is C13H16F3NO3S. The number of halogens is 3. The Labute approximate surface area is 121 Å². The fourth-order valence-electron chi connectivity index (χ4n) is 2.15. The normalized spacial score (nSPS) is 22.7. The van der Waals surface area contributed by atoms with Crippen molar-refractivity contribution in [3.05, 3.63) is 24.3 Å². The number of rotatable bonds is 5. The number of hydrogen-bond acceptors (Lipinski definition) is 4. The van der Waals surface area contributed by atoms with Gasteiger partial charge in [-0.25, -0.2) is 8.42 Å². The van der Waals surface area contributed by atoms with Crippen molar-refractivity contribution < 1.29 is 26.3 Å². The van der Waals surface area contributed by atoms with E-state index in [1.54, 1.807) is 0 Å². The second-order valence-corrected chi connectivity index (χ2v) is 6.80. The third-order valence-corrected chi connectivity index (χ3v) is 4.84. The Balaban J connectivity index is 1.98. The maximum absolute atomic E-state index is 12.4. The van der Waals surface area contributed by atoms with Crippen LogP contribution in [0.2, 0.25) is 0 Å². The molecule has 0 amide bonds. The Hall–Kier alpha value is -1.28. The van der Waals surface area contributed by atoms with Gasteiger partial charge in [-0.2, -0.15) is 13.2 Å². The quantitative estimate of drug-likeness (QED) is 0.905. The molecule has 1 aromatic carbocycles. The maximum Gasteiger partial charge on any atom is 0.501 e. The molecule has 1 fully saturated rings. The summed E-state index contributed by atoms with van der Waals surface area (Å²) < 4.78 is 65.0. The summed E-state index contributed by atoms with van der Waals surface area (Å²) in [4.78, 5) is -0.749. The zero-order valence-corrected chi connectivity index (χ0v) is 12.2. The Morgan fingerprint density at radius 1 is 1.24 bits per heavy atom. The van der Waals surface area contributed by atoms with Gasteiger partial charge in [0.15, 0.2) is 0 Å². The van der Waals surface area contributed by atoms with Crippen LogP contribution in [0.15, 0.2) is 29.2 Å². The minimum Gasteiger partial charge on any atom is -0.382 e. The van der Waals surface area contributed by atoms with E-state index in [1.807, 2.05) is 6.92 Å². The summed E-state index contributed by atoms with van der Waals surface area (Å²) in [5.41, 5.74) is -4.68. The maximum atomic E-state index is 12.4. The molecule has 0 atom stereocenters. The van der Waals surface area contributed by atoms with Crippen molar-refractivity contribution >= 4 is 15.5 Å². The van der Waals surface area contributed by atoms with Crippen molar-refractivity contribution in [2.24, 2.45) is 0 Å². The minimum absolute atomic E-state index is 0.201. The lowest BCUT2D eigenvalue weighted by molar-refractivity contribution is -0.0436. The number of alkyl halides is 3. The molecule has 8 heteroatoms. The van der Waals surface area contributed by atoms with Crippen LogP contribution in [-0.2, 0) is 14.6 Å². The van der Waals surface area contributed by atoms with Crippen molar-refractivity contribution in [1.82, 2.24) is 0 Å². The molecule has 0 saturated heterocycles.